The van der Waals surface area contributed by atoms with Crippen molar-refractivity contribution in [1.82, 2.24) is 14.6 Å². The van der Waals surface area contributed by atoms with Crippen LogP contribution in [0.5, 0.6) is 0 Å². The molecule has 6 nitrogen and oxygen atoms in total. The third-order valence-corrected chi connectivity index (χ3v) is 4.23. The van der Waals surface area contributed by atoms with E-state index in [0.717, 1.165) is 5.69 Å². The molecular weight excluding hydrogens is 347 g/mol. The van der Waals surface area contributed by atoms with Gasteiger partial charge in [0.1, 0.15) is 5.82 Å². The Morgan fingerprint density at radius 1 is 1.37 bits per heavy atom. The highest BCUT2D eigenvalue weighted by atomic mass is 19.1. The molecule has 0 bridgehead atoms. The monoisotopic (exact) mass is 366 g/mol. The fourth-order valence-corrected chi connectivity index (χ4v) is 3.01. The summed E-state index contributed by atoms with van der Waals surface area (Å²) in [6.45, 7) is 15.0. The SMILES string of the molecule is [C-]#[N+]c1cccc(F)c1-c1c(C)nn2c(C(C)C)cc(C(=O)OCC)nc12. The number of aryl methyl sites for hydroxylation is 1. The third-order valence-electron chi connectivity index (χ3n) is 4.23. The molecule has 2 heterocycles. The zero-order valence-electron chi connectivity index (χ0n) is 15.6. The van der Waals surface area contributed by atoms with E-state index in [9.17, 15) is 9.18 Å². The molecule has 0 fully saturated rings. The molecule has 27 heavy (non-hydrogen) atoms. The van der Waals surface area contributed by atoms with Crippen LogP contribution in [0, 0.1) is 19.3 Å². The van der Waals surface area contributed by atoms with Crippen molar-refractivity contribution < 1.29 is 13.9 Å². The molecule has 0 unspecified atom stereocenters. The number of hydrogen-bond acceptors (Lipinski definition) is 4. The lowest BCUT2D eigenvalue weighted by Gasteiger charge is -2.11. The number of carbonyl (C=O) groups is 1. The molecule has 3 aromatic rings. The van der Waals surface area contributed by atoms with E-state index in [1.165, 1.54) is 12.1 Å². The number of rotatable bonds is 4. The number of hydrogen-bond donors (Lipinski definition) is 0. The van der Waals surface area contributed by atoms with Crippen LogP contribution in [0.1, 0.15) is 48.6 Å². The first-order chi connectivity index (χ1) is 12.9. The Bertz CT molecular complexity index is 1080. The lowest BCUT2D eigenvalue weighted by molar-refractivity contribution is 0.0519. The van der Waals surface area contributed by atoms with Crippen LogP contribution in [0.4, 0.5) is 10.1 Å². The van der Waals surface area contributed by atoms with Crippen molar-refractivity contribution in [3.05, 3.63) is 58.6 Å². The van der Waals surface area contributed by atoms with E-state index in [0.29, 0.717) is 16.9 Å². The van der Waals surface area contributed by atoms with Gasteiger partial charge in [-0.2, -0.15) is 5.10 Å². The molecule has 3 rings (SSSR count). The van der Waals surface area contributed by atoms with Gasteiger partial charge in [-0.25, -0.2) is 23.5 Å². The predicted molar refractivity (Wildman–Crippen MR) is 99.4 cm³/mol. The van der Waals surface area contributed by atoms with Crippen molar-refractivity contribution in [2.24, 2.45) is 0 Å². The largest absolute Gasteiger partial charge is 0.461 e. The maximum atomic E-state index is 14.6. The molecule has 0 amide bonds. The number of carbonyl (C=O) groups excluding carboxylic acids is 1. The van der Waals surface area contributed by atoms with Crippen molar-refractivity contribution in [3.8, 4) is 11.1 Å². The summed E-state index contributed by atoms with van der Waals surface area (Å²) >= 11 is 0. The van der Waals surface area contributed by atoms with Gasteiger partial charge in [0.2, 0.25) is 0 Å². The minimum absolute atomic E-state index is 0.0387. The molecule has 0 saturated heterocycles. The zero-order chi connectivity index (χ0) is 19.7. The van der Waals surface area contributed by atoms with Crippen LogP contribution in [0.25, 0.3) is 21.6 Å². The minimum atomic E-state index is -0.550. The van der Waals surface area contributed by atoms with Gasteiger partial charge in [0, 0.05) is 16.8 Å². The second-order valence-corrected chi connectivity index (χ2v) is 6.38. The van der Waals surface area contributed by atoms with Gasteiger partial charge in [0.25, 0.3) is 0 Å². The van der Waals surface area contributed by atoms with Crippen LogP contribution in [0.15, 0.2) is 24.3 Å². The highest BCUT2D eigenvalue weighted by Gasteiger charge is 2.24. The Labute approximate surface area is 156 Å². The van der Waals surface area contributed by atoms with Crippen molar-refractivity contribution in [2.45, 2.75) is 33.6 Å². The molecule has 0 radical (unpaired) electrons. The molecule has 2 aromatic heterocycles. The summed E-state index contributed by atoms with van der Waals surface area (Å²) in [5, 5.41) is 4.51. The van der Waals surface area contributed by atoms with Crippen LogP contribution in [-0.4, -0.2) is 27.2 Å². The number of esters is 1. The normalized spacial score (nSPS) is 11.0. The average molecular weight is 366 g/mol. The van der Waals surface area contributed by atoms with Crippen molar-refractivity contribution >= 4 is 17.3 Å². The first-order valence-corrected chi connectivity index (χ1v) is 8.62. The summed E-state index contributed by atoms with van der Waals surface area (Å²) in [5.74, 6) is -1.04. The number of halogens is 1. The van der Waals surface area contributed by atoms with Crippen molar-refractivity contribution in [2.75, 3.05) is 6.61 Å². The summed E-state index contributed by atoms with van der Waals surface area (Å²) < 4.78 is 21.3. The number of aromatic nitrogens is 3. The summed E-state index contributed by atoms with van der Waals surface area (Å²) in [7, 11) is 0. The Kier molecular flexibility index (Phi) is 4.91. The van der Waals surface area contributed by atoms with Gasteiger partial charge in [0.15, 0.2) is 17.0 Å². The molecule has 0 N–H and O–H groups in total. The van der Waals surface area contributed by atoms with E-state index < -0.39 is 11.8 Å². The quantitative estimate of drug-likeness (QED) is 0.496. The van der Waals surface area contributed by atoms with E-state index in [1.807, 2.05) is 13.8 Å². The third kappa shape index (κ3) is 3.14. The second-order valence-electron chi connectivity index (χ2n) is 6.38. The lowest BCUT2D eigenvalue weighted by atomic mass is 10.0. The zero-order valence-corrected chi connectivity index (χ0v) is 15.6. The van der Waals surface area contributed by atoms with Gasteiger partial charge in [-0.05, 0) is 31.9 Å². The van der Waals surface area contributed by atoms with E-state index in [2.05, 4.69) is 14.9 Å². The standard InChI is InChI=1S/C20H19FN4O2/c1-6-27-20(26)15-10-16(11(2)3)25-19(23-15)17(12(4)24-25)18-13(21)8-7-9-14(18)22-5/h7-11H,6H2,1-4H3. The Hall–Kier alpha value is -3.27. The maximum absolute atomic E-state index is 14.6. The van der Waals surface area contributed by atoms with E-state index in [1.54, 1.807) is 30.5 Å². The summed E-state index contributed by atoms with van der Waals surface area (Å²) in [6.07, 6.45) is 0. The fraction of sp³-hybridized carbons (Fsp3) is 0.300. The highest BCUT2D eigenvalue weighted by molar-refractivity contribution is 5.92. The molecule has 0 aliphatic rings. The molecule has 0 spiro atoms. The van der Waals surface area contributed by atoms with Crippen LogP contribution in [0.3, 0.4) is 0 Å². The van der Waals surface area contributed by atoms with Crippen LogP contribution in [0.2, 0.25) is 0 Å². The van der Waals surface area contributed by atoms with Gasteiger partial charge in [-0.3, -0.25) is 0 Å². The first kappa shape index (κ1) is 18.5. The van der Waals surface area contributed by atoms with Gasteiger partial charge in [-0.15, -0.1) is 0 Å². The van der Waals surface area contributed by atoms with Crippen molar-refractivity contribution in [3.63, 3.8) is 0 Å². The number of ether oxygens (including phenoxy) is 1. The second kappa shape index (κ2) is 7.16. The van der Waals surface area contributed by atoms with E-state index in [4.69, 9.17) is 11.3 Å². The number of nitrogens with zero attached hydrogens (tertiary/aromatic N) is 4. The van der Waals surface area contributed by atoms with Gasteiger partial charge >= 0.3 is 5.97 Å². The fourth-order valence-electron chi connectivity index (χ4n) is 3.01. The summed E-state index contributed by atoms with van der Waals surface area (Å²) in [5.41, 5.74) is 2.46. The van der Waals surface area contributed by atoms with Crippen LogP contribution >= 0.6 is 0 Å². The van der Waals surface area contributed by atoms with Crippen molar-refractivity contribution in [1.29, 1.82) is 0 Å². The Morgan fingerprint density at radius 2 is 2.11 bits per heavy atom. The van der Waals surface area contributed by atoms with Gasteiger partial charge < -0.3 is 4.74 Å². The molecular formula is C20H19FN4O2. The highest BCUT2D eigenvalue weighted by Crippen LogP contribution is 2.37. The molecule has 0 saturated carbocycles. The maximum Gasteiger partial charge on any atom is 0.357 e. The lowest BCUT2D eigenvalue weighted by Crippen LogP contribution is -2.12. The topological polar surface area (TPSA) is 60.9 Å². The van der Waals surface area contributed by atoms with Crippen LogP contribution in [-0.2, 0) is 4.74 Å². The van der Waals surface area contributed by atoms with E-state index >= 15 is 0 Å². The number of fused-ring (bicyclic) bond motifs is 1. The predicted octanol–water partition coefficient (Wildman–Crippen LogP) is 4.69. The minimum Gasteiger partial charge on any atom is -0.461 e. The van der Waals surface area contributed by atoms with Gasteiger partial charge in [0.05, 0.1) is 18.9 Å². The van der Waals surface area contributed by atoms with Crippen LogP contribution < -0.4 is 0 Å². The van der Waals surface area contributed by atoms with E-state index in [-0.39, 0.29) is 29.5 Å². The Balaban J connectivity index is 2.41. The van der Waals surface area contributed by atoms with Gasteiger partial charge in [-0.1, -0.05) is 26.0 Å². The molecule has 0 aliphatic heterocycles. The first-order valence-electron chi connectivity index (χ1n) is 8.62. The molecule has 7 heteroatoms. The molecule has 138 valence electrons. The molecule has 1 aromatic carbocycles. The summed E-state index contributed by atoms with van der Waals surface area (Å²) in [4.78, 5) is 20.1. The smallest absolute Gasteiger partial charge is 0.357 e. The molecule has 0 atom stereocenters. The molecule has 0 aliphatic carbocycles. The average Bonchev–Trinajstić information content (AvgIpc) is 2.96. The summed E-state index contributed by atoms with van der Waals surface area (Å²) in [6, 6.07) is 5.98. The Morgan fingerprint density at radius 3 is 2.74 bits per heavy atom. The number of benzene rings is 1.